The maximum Gasteiger partial charge on any atom is 0.318 e. The second-order valence-corrected chi connectivity index (χ2v) is 14.8. The predicted octanol–water partition coefficient (Wildman–Crippen LogP) is 4.15. The number of ether oxygens (including phenoxy) is 2. The van der Waals surface area contributed by atoms with Crippen molar-refractivity contribution in [2.75, 3.05) is 51.0 Å². The molecule has 2 saturated heterocycles. The molecule has 0 saturated carbocycles. The highest BCUT2D eigenvalue weighted by Gasteiger charge is 2.50. The van der Waals surface area contributed by atoms with Crippen molar-refractivity contribution in [2.24, 2.45) is 0 Å². The highest BCUT2D eigenvalue weighted by Crippen LogP contribution is 2.48. The fourth-order valence-corrected chi connectivity index (χ4v) is 9.10. The first-order valence-corrected chi connectivity index (χ1v) is 17.6. The number of fused-ring (bicyclic) bond motifs is 5. The first-order valence-electron chi connectivity index (χ1n) is 17.2. The highest BCUT2D eigenvalue weighted by atomic mass is 35.5. The molecule has 1 unspecified atom stereocenters. The molecule has 4 aliphatic heterocycles. The van der Waals surface area contributed by atoms with Crippen molar-refractivity contribution in [3.63, 3.8) is 0 Å². The summed E-state index contributed by atoms with van der Waals surface area (Å²) in [5.74, 6) is 0.430. The average molecular weight is 690 g/mol. The summed E-state index contributed by atoms with van der Waals surface area (Å²) >= 11 is 6.84. The van der Waals surface area contributed by atoms with Crippen molar-refractivity contribution >= 4 is 29.0 Å². The summed E-state index contributed by atoms with van der Waals surface area (Å²) in [6, 6.07) is 6.41. The molecule has 0 bridgehead atoms. The van der Waals surface area contributed by atoms with E-state index < -0.39 is 11.8 Å². The van der Waals surface area contributed by atoms with Gasteiger partial charge < -0.3 is 25.0 Å². The molecule has 3 aromatic rings. The molecule has 12 nitrogen and oxygen atoms in total. The molecule has 3 atom stereocenters. The predicted molar refractivity (Wildman–Crippen MR) is 180 cm³/mol. The maximum atomic E-state index is 14.6. The fraction of sp³-hybridized carbons (Fsp3) is 0.571. The Hall–Kier alpha value is -3.99. The third kappa shape index (κ3) is 5.30. The van der Waals surface area contributed by atoms with Crippen LogP contribution in [0.1, 0.15) is 82.7 Å². The van der Waals surface area contributed by atoms with E-state index >= 15 is 0 Å². The molecule has 1 spiro atoms. The number of amides is 1. The quantitative estimate of drug-likeness (QED) is 0.389. The van der Waals surface area contributed by atoms with E-state index in [1.165, 1.54) is 4.90 Å². The van der Waals surface area contributed by atoms with Gasteiger partial charge in [-0.05, 0) is 56.7 Å². The van der Waals surface area contributed by atoms with Gasteiger partial charge in [0.05, 0.1) is 40.7 Å². The number of nitrogens with two attached hydrogens (primary N) is 1. The number of nitrogens with zero attached hydrogens (tertiary/aromatic N) is 8. The zero-order chi connectivity index (χ0) is 34.1. The van der Waals surface area contributed by atoms with Gasteiger partial charge in [-0.15, -0.1) is 0 Å². The number of halogens is 2. The van der Waals surface area contributed by atoms with Crippen LogP contribution in [0.15, 0.2) is 12.1 Å². The van der Waals surface area contributed by atoms with Crippen molar-refractivity contribution in [3.8, 4) is 12.1 Å². The number of hydrogen-bond acceptors (Lipinski definition) is 10. The topological polar surface area (TPSA) is 139 Å². The largest absolute Gasteiger partial charge is 0.461 e. The Kier molecular flexibility index (Phi) is 7.96. The molecule has 14 heteroatoms. The minimum atomic E-state index is -0.870. The summed E-state index contributed by atoms with van der Waals surface area (Å²) in [7, 11) is 3.36. The monoisotopic (exact) mass is 689 g/mol. The number of anilines is 2. The van der Waals surface area contributed by atoms with Gasteiger partial charge in [0.15, 0.2) is 5.69 Å². The Morgan fingerprint density at radius 3 is 2.90 bits per heavy atom. The number of carbonyl (C=O) groups is 1. The van der Waals surface area contributed by atoms with E-state index in [9.17, 15) is 14.4 Å². The lowest BCUT2D eigenvalue weighted by Gasteiger charge is -2.43. The Morgan fingerprint density at radius 2 is 2.08 bits per heavy atom. The van der Waals surface area contributed by atoms with Crippen LogP contribution in [0.5, 0.6) is 6.01 Å². The first-order chi connectivity index (χ1) is 23.6. The molecule has 2 aromatic heterocycles. The van der Waals surface area contributed by atoms with Gasteiger partial charge in [-0.3, -0.25) is 14.4 Å². The van der Waals surface area contributed by atoms with Crippen molar-refractivity contribution in [3.05, 3.63) is 56.5 Å². The second-order valence-electron chi connectivity index (χ2n) is 14.4. The third-order valence-electron chi connectivity index (χ3n) is 11.2. The maximum absolute atomic E-state index is 14.6. The molecule has 258 valence electrons. The summed E-state index contributed by atoms with van der Waals surface area (Å²) in [6.45, 7) is 3.47. The molecule has 1 aliphatic carbocycles. The molecule has 49 heavy (non-hydrogen) atoms. The fourth-order valence-electron chi connectivity index (χ4n) is 8.83. The summed E-state index contributed by atoms with van der Waals surface area (Å²) < 4.78 is 29.7. The molecular formula is C35H41ClFN9O3. The highest BCUT2D eigenvalue weighted by molar-refractivity contribution is 6.34. The van der Waals surface area contributed by atoms with E-state index in [1.807, 2.05) is 16.8 Å². The third-order valence-corrected chi connectivity index (χ3v) is 11.6. The van der Waals surface area contributed by atoms with E-state index in [4.69, 9.17) is 36.8 Å². The molecule has 0 radical (unpaired) electrons. The molecule has 2 fully saturated rings. The number of aromatic nitrogens is 4. The smallest absolute Gasteiger partial charge is 0.318 e. The summed E-state index contributed by atoms with van der Waals surface area (Å²) in [4.78, 5) is 28.8. The molecule has 1 amide bonds. The molecular weight excluding hydrogens is 649 g/mol. The van der Waals surface area contributed by atoms with Crippen LogP contribution in [-0.2, 0) is 42.9 Å². The van der Waals surface area contributed by atoms with Crippen LogP contribution in [0.3, 0.4) is 0 Å². The lowest BCUT2D eigenvalue weighted by Crippen LogP contribution is -2.44. The van der Waals surface area contributed by atoms with Crippen molar-refractivity contribution in [1.29, 1.82) is 5.26 Å². The number of alkyl halides is 1. The minimum Gasteiger partial charge on any atom is -0.461 e. The van der Waals surface area contributed by atoms with Gasteiger partial charge in [-0.25, -0.2) is 4.39 Å². The van der Waals surface area contributed by atoms with Crippen molar-refractivity contribution in [1.82, 2.24) is 29.5 Å². The van der Waals surface area contributed by atoms with E-state index in [2.05, 4.69) is 21.0 Å². The van der Waals surface area contributed by atoms with E-state index in [1.54, 1.807) is 14.1 Å². The van der Waals surface area contributed by atoms with E-state index in [0.29, 0.717) is 67.7 Å². The Balaban J connectivity index is 1.19. The standard InChI is InChI=1S/C35H41ClFN9O3/c1-43(2)32(47)30-29(36)27-18-44(11-5-13-46(27)42-30)31-24-19-49-35(10-3-6-21-7-8-25(39)23(16-38)28(21)35)15-26(24)40-33(41-31)48-20-34-9-4-12-45(34)17-22(37)14-34/h7-8,22H,3-6,9-15,17-20,39H2,1-2H3/t22-,34?,35+/m1/s1. The van der Waals surface area contributed by atoms with Crippen molar-refractivity contribution in [2.45, 2.75) is 88.4 Å². The van der Waals surface area contributed by atoms with Crippen molar-refractivity contribution < 1.29 is 18.7 Å². The number of benzene rings is 1. The number of nitriles is 1. The van der Waals surface area contributed by atoms with E-state index in [-0.39, 0.29) is 29.8 Å². The average Bonchev–Trinajstić information content (AvgIpc) is 3.65. The lowest BCUT2D eigenvalue weighted by atomic mass is 9.72. The van der Waals surface area contributed by atoms with Gasteiger partial charge in [0.25, 0.3) is 5.91 Å². The van der Waals surface area contributed by atoms with Gasteiger partial charge in [-0.2, -0.15) is 20.3 Å². The molecule has 5 aliphatic rings. The van der Waals surface area contributed by atoms with Crippen LogP contribution >= 0.6 is 11.6 Å². The molecule has 1 aromatic carbocycles. The molecule has 2 N–H and O–H groups in total. The van der Waals surface area contributed by atoms with Gasteiger partial charge in [0.2, 0.25) is 0 Å². The lowest BCUT2D eigenvalue weighted by molar-refractivity contribution is -0.0857. The summed E-state index contributed by atoms with van der Waals surface area (Å²) in [6.07, 6.45) is 5.11. The normalized spacial score (nSPS) is 26.0. The summed E-state index contributed by atoms with van der Waals surface area (Å²) in [5, 5.41) is 15.1. The molecule has 8 rings (SSSR count). The summed E-state index contributed by atoms with van der Waals surface area (Å²) in [5.41, 5.74) is 10.7. The van der Waals surface area contributed by atoms with Gasteiger partial charge in [0.1, 0.15) is 30.3 Å². The Labute approximate surface area is 289 Å². The first kappa shape index (κ1) is 32.2. The van der Waals surface area contributed by atoms with Crippen LogP contribution in [0.4, 0.5) is 15.9 Å². The van der Waals surface area contributed by atoms with Crippen LogP contribution in [0.2, 0.25) is 5.02 Å². The van der Waals surface area contributed by atoms with Gasteiger partial charge in [-0.1, -0.05) is 17.7 Å². The van der Waals surface area contributed by atoms with Gasteiger partial charge >= 0.3 is 6.01 Å². The Morgan fingerprint density at radius 1 is 1.22 bits per heavy atom. The zero-order valence-electron chi connectivity index (χ0n) is 28.0. The van der Waals surface area contributed by atoms with Gasteiger partial charge in [0, 0.05) is 63.4 Å². The van der Waals surface area contributed by atoms with Crippen LogP contribution in [0.25, 0.3) is 0 Å². The number of hydrogen-bond donors (Lipinski definition) is 1. The Bertz CT molecular complexity index is 1880. The van der Waals surface area contributed by atoms with Crippen LogP contribution < -0.4 is 15.4 Å². The molecule has 6 heterocycles. The number of carbonyl (C=O) groups excluding carboxylic acids is 1. The number of aryl methyl sites for hydroxylation is 2. The van der Waals surface area contributed by atoms with E-state index in [0.717, 1.165) is 73.1 Å². The minimum absolute atomic E-state index is 0.231. The number of rotatable bonds is 5. The SMILES string of the molecule is CN(C)C(=O)c1nn2c(c1Cl)CN(c1nc(OCC34CCCN3C[C@H](F)C4)nc3c1CO[C@@]1(CCCc4ccc(N)c(C#N)c41)C3)CCC2. The second kappa shape index (κ2) is 12.1. The van der Waals surface area contributed by atoms with Crippen LogP contribution in [-0.4, -0.2) is 87.5 Å². The zero-order valence-corrected chi connectivity index (χ0v) is 28.7. The number of nitrogen functional groups attached to an aromatic ring is 1. The van der Waals surface area contributed by atoms with Crippen LogP contribution in [0, 0.1) is 11.3 Å².